The minimum atomic E-state index is -3.53. The summed E-state index contributed by atoms with van der Waals surface area (Å²) in [6.45, 7) is 6.39. The molecule has 122 valence electrons. The van der Waals surface area contributed by atoms with Gasteiger partial charge in [-0.2, -0.15) is 10.2 Å². The smallest absolute Gasteiger partial charge is 0.243 e. The molecule has 0 amide bonds. The fourth-order valence-corrected chi connectivity index (χ4v) is 3.56. The lowest BCUT2D eigenvalue weighted by molar-refractivity contribution is 0.544. The first kappa shape index (κ1) is 17.0. The normalized spacial score (nSPS) is 12.0. The van der Waals surface area contributed by atoms with Crippen LogP contribution in [-0.2, 0) is 23.6 Å². The van der Waals surface area contributed by atoms with Crippen LogP contribution in [0.25, 0.3) is 0 Å². The summed E-state index contributed by atoms with van der Waals surface area (Å²) < 4.78 is 30.3. The van der Waals surface area contributed by atoms with E-state index in [-0.39, 0.29) is 4.90 Å². The van der Waals surface area contributed by atoms with E-state index in [0.29, 0.717) is 30.2 Å². The third-order valence-corrected chi connectivity index (χ3v) is 5.72. The Kier molecular flexibility index (Phi) is 4.93. The van der Waals surface area contributed by atoms with E-state index in [0.717, 1.165) is 11.4 Å². The lowest BCUT2D eigenvalue weighted by Gasteiger charge is -2.07. The average Bonchev–Trinajstić information content (AvgIpc) is 2.91. The topological polar surface area (TPSA) is 81.8 Å². The van der Waals surface area contributed by atoms with Crippen LogP contribution in [0, 0.1) is 20.8 Å². The maximum atomic E-state index is 12.2. The van der Waals surface area contributed by atoms with Crippen LogP contribution in [0.5, 0.6) is 0 Å². The molecular formula is C13H20ClN5O2S. The van der Waals surface area contributed by atoms with E-state index in [1.807, 2.05) is 13.8 Å². The molecule has 0 aliphatic carbocycles. The van der Waals surface area contributed by atoms with Crippen molar-refractivity contribution in [3.8, 4) is 0 Å². The number of aromatic nitrogens is 4. The number of hydrogen-bond donors (Lipinski definition) is 1. The molecule has 1 N–H and O–H groups in total. The molecule has 0 spiro atoms. The molecule has 2 aromatic rings. The Balaban J connectivity index is 1.93. The third-order valence-electron chi connectivity index (χ3n) is 3.61. The number of rotatable bonds is 6. The summed E-state index contributed by atoms with van der Waals surface area (Å²) >= 11 is 6.08. The zero-order valence-electron chi connectivity index (χ0n) is 13.1. The maximum absolute atomic E-state index is 12.2. The number of nitrogens with one attached hydrogen (secondary N) is 1. The molecule has 9 heteroatoms. The van der Waals surface area contributed by atoms with Gasteiger partial charge in [0.25, 0.3) is 0 Å². The predicted octanol–water partition coefficient (Wildman–Crippen LogP) is 1.56. The molecule has 7 nitrogen and oxygen atoms in total. The number of halogens is 1. The molecule has 0 saturated heterocycles. The molecule has 0 radical (unpaired) electrons. The maximum Gasteiger partial charge on any atom is 0.243 e. The zero-order chi connectivity index (χ0) is 16.5. The van der Waals surface area contributed by atoms with Gasteiger partial charge < -0.3 is 0 Å². The summed E-state index contributed by atoms with van der Waals surface area (Å²) in [5, 5.41) is 8.92. The lowest BCUT2D eigenvalue weighted by Crippen LogP contribution is -2.26. The highest BCUT2D eigenvalue weighted by molar-refractivity contribution is 7.89. The van der Waals surface area contributed by atoms with E-state index in [9.17, 15) is 8.42 Å². The van der Waals surface area contributed by atoms with Gasteiger partial charge in [-0.05, 0) is 27.2 Å². The molecule has 0 unspecified atom stereocenters. The average molecular weight is 346 g/mol. The van der Waals surface area contributed by atoms with E-state index in [1.54, 1.807) is 18.7 Å². The summed E-state index contributed by atoms with van der Waals surface area (Å²) in [6, 6.07) is 0. The summed E-state index contributed by atoms with van der Waals surface area (Å²) in [7, 11) is -1.82. The molecular weight excluding hydrogens is 326 g/mol. The molecule has 0 atom stereocenters. The number of aryl methyl sites for hydroxylation is 3. The fraction of sp³-hybridized carbons (Fsp3) is 0.538. The van der Waals surface area contributed by atoms with Gasteiger partial charge in [-0.3, -0.25) is 9.36 Å². The van der Waals surface area contributed by atoms with Crippen molar-refractivity contribution >= 4 is 21.6 Å². The molecule has 2 aromatic heterocycles. The minimum absolute atomic E-state index is 0.212. The summed E-state index contributed by atoms with van der Waals surface area (Å²) in [6.07, 6.45) is 1.98. The molecule has 0 saturated carbocycles. The van der Waals surface area contributed by atoms with Crippen molar-refractivity contribution in [2.45, 2.75) is 38.6 Å². The van der Waals surface area contributed by atoms with E-state index in [4.69, 9.17) is 11.6 Å². The van der Waals surface area contributed by atoms with Gasteiger partial charge in [0.15, 0.2) is 0 Å². The van der Waals surface area contributed by atoms with Crippen LogP contribution in [0.1, 0.15) is 23.5 Å². The van der Waals surface area contributed by atoms with Crippen LogP contribution in [0.3, 0.4) is 0 Å². The van der Waals surface area contributed by atoms with Crippen LogP contribution in [-0.4, -0.2) is 34.5 Å². The highest BCUT2D eigenvalue weighted by atomic mass is 35.5. The van der Waals surface area contributed by atoms with Crippen molar-refractivity contribution in [3.05, 3.63) is 28.3 Å². The first-order valence-corrected chi connectivity index (χ1v) is 8.78. The van der Waals surface area contributed by atoms with Crippen molar-refractivity contribution in [3.63, 3.8) is 0 Å². The van der Waals surface area contributed by atoms with E-state index < -0.39 is 10.0 Å². The van der Waals surface area contributed by atoms with Crippen molar-refractivity contribution in [1.29, 1.82) is 0 Å². The standard InChI is InChI=1S/C13H20ClN5O2S/c1-9-13(14)11(3)19(17-9)7-5-6-16-22(20,21)12-8-15-18(4)10(12)2/h8,16H,5-7H2,1-4H3. The SMILES string of the molecule is Cc1nn(CCCNS(=O)(=O)c2cnn(C)c2C)c(C)c1Cl. The van der Waals surface area contributed by atoms with Gasteiger partial charge in [-0.25, -0.2) is 13.1 Å². The Morgan fingerprint density at radius 1 is 1.27 bits per heavy atom. The molecule has 0 fully saturated rings. The van der Waals surface area contributed by atoms with Crippen LogP contribution in [0.4, 0.5) is 0 Å². The molecule has 2 heterocycles. The molecule has 22 heavy (non-hydrogen) atoms. The van der Waals surface area contributed by atoms with Crippen molar-refractivity contribution in [2.75, 3.05) is 6.54 Å². The Bertz CT molecular complexity index is 779. The Labute approximate surface area is 135 Å². The van der Waals surface area contributed by atoms with Crippen molar-refractivity contribution in [1.82, 2.24) is 24.3 Å². The lowest BCUT2D eigenvalue weighted by atomic mass is 10.4. The first-order valence-electron chi connectivity index (χ1n) is 6.92. The third kappa shape index (κ3) is 3.34. The van der Waals surface area contributed by atoms with Gasteiger partial charge in [-0.15, -0.1) is 0 Å². The van der Waals surface area contributed by atoms with Crippen molar-refractivity contribution in [2.24, 2.45) is 7.05 Å². The monoisotopic (exact) mass is 345 g/mol. The summed E-state index contributed by atoms with van der Waals surface area (Å²) in [5.74, 6) is 0. The van der Waals surface area contributed by atoms with Crippen LogP contribution in [0.15, 0.2) is 11.1 Å². The minimum Gasteiger partial charge on any atom is -0.272 e. The molecule has 0 aliphatic rings. The van der Waals surface area contributed by atoms with Gasteiger partial charge in [0.1, 0.15) is 4.90 Å². The molecule has 0 aromatic carbocycles. The van der Waals surface area contributed by atoms with E-state index >= 15 is 0 Å². The number of hydrogen-bond acceptors (Lipinski definition) is 4. The Hall–Kier alpha value is -1.38. The number of nitrogens with zero attached hydrogens (tertiary/aromatic N) is 4. The van der Waals surface area contributed by atoms with Crippen molar-refractivity contribution < 1.29 is 8.42 Å². The van der Waals surface area contributed by atoms with Crippen LogP contribution in [0.2, 0.25) is 5.02 Å². The second-order valence-electron chi connectivity index (χ2n) is 5.18. The van der Waals surface area contributed by atoms with Crippen LogP contribution < -0.4 is 4.72 Å². The number of sulfonamides is 1. The Morgan fingerprint density at radius 3 is 2.45 bits per heavy atom. The quantitative estimate of drug-likeness (QED) is 0.805. The second kappa shape index (κ2) is 6.39. The first-order chi connectivity index (χ1) is 10.2. The summed E-state index contributed by atoms with van der Waals surface area (Å²) in [5.41, 5.74) is 2.29. The van der Waals surface area contributed by atoms with Crippen LogP contribution >= 0.6 is 11.6 Å². The summed E-state index contributed by atoms with van der Waals surface area (Å²) in [4.78, 5) is 0.212. The van der Waals surface area contributed by atoms with Gasteiger partial charge in [0.2, 0.25) is 10.0 Å². The van der Waals surface area contributed by atoms with Gasteiger partial charge in [-0.1, -0.05) is 11.6 Å². The highest BCUT2D eigenvalue weighted by Gasteiger charge is 2.19. The largest absolute Gasteiger partial charge is 0.272 e. The van der Waals surface area contributed by atoms with Gasteiger partial charge in [0, 0.05) is 20.1 Å². The Morgan fingerprint density at radius 2 is 1.95 bits per heavy atom. The highest BCUT2D eigenvalue weighted by Crippen LogP contribution is 2.19. The predicted molar refractivity (Wildman–Crippen MR) is 84.5 cm³/mol. The zero-order valence-corrected chi connectivity index (χ0v) is 14.7. The molecule has 0 aliphatic heterocycles. The molecule has 2 rings (SSSR count). The molecule has 0 bridgehead atoms. The second-order valence-corrected chi connectivity index (χ2v) is 7.29. The van der Waals surface area contributed by atoms with Gasteiger partial charge >= 0.3 is 0 Å². The van der Waals surface area contributed by atoms with E-state index in [1.165, 1.54) is 10.9 Å². The fourth-order valence-electron chi connectivity index (χ4n) is 2.15. The van der Waals surface area contributed by atoms with E-state index in [2.05, 4.69) is 14.9 Å². The van der Waals surface area contributed by atoms with Gasteiger partial charge in [0.05, 0.1) is 28.3 Å².